The van der Waals surface area contributed by atoms with Gasteiger partial charge >= 0.3 is 5.97 Å². The lowest BCUT2D eigenvalue weighted by molar-refractivity contribution is -0.137. The smallest absolute Gasteiger partial charge is 0.303 e. The standard InChI is InChI=1S/C21H20Br2N2O4/c1-12(2)21(28)25-16-6-14(10-24)5-15(7-16)11-29-20-17(22)8-13(9-18(20)23)3-4-19(26)27/h5-9,12H,3-4,11H2,1-2H3,(H,25,28)(H,26,27). The van der Waals surface area contributed by atoms with Crippen molar-refractivity contribution in [2.75, 3.05) is 5.32 Å². The molecule has 0 saturated carbocycles. The number of ether oxygens (including phenoxy) is 1. The van der Waals surface area contributed by atoms with Crippen molar-refractivity contribution in [3.05, 3.63) is 56.0 Å². The summed E-state index contributed by atoms with van der Waals surface area (Å²) in [5.41, 5.74) is 2.57. The van der Waals surface area contributed by atoms with Crippen LogP contribution in [0.5, 0.6) is 5.75 Å². The van der Waals surface area contributed by atoms with E-state index in [1.54, 1.807) is 32.0 Å². The van der Waals surface area contributed by atoms with Crippen LogP contribution in [0.2, 0.25) is 0 Å². The average molecular weight is 524 g/mol. The van der Waals surface area contributed by atoms with Crippen molar-refractivity contribution in [2.45, 2.75) is 33.3 Å². The summed E-state index contributed by atoms with van der Waals surface area (Å²) >= 11 is 6.92. The second-order valence-corrected chi connectivity index (χ2v) is 8.45. The van der Waals surface area contributed by atoms with Crippen molar-refractivity contribution < 1.29 is 19.4 Å². The van der Waals surface area contributed by atoms with Gasteiger partial charge in [0, 0.05) is 18.0 Å². The Morgan fingerprint density at radius 1 is 1.14 bits per heavy atom. The first kappa shape index (κ1) is 22.9. The molecular weight excluding hydrogens is 504 g/mol. The molecule has 2 rings (SSSR count). The molecule has 0 saturated heterocycles. The van der Waals surface area contributed by atoms with Crippen LogP contribution in [0.4, 0.5) is 5.69 Å². The maximum atomic E-state index is 11.9. The van der Waals surface area contributed by atoms with Crippen molar-refractivity contribution in [1.82, 2.24) is 0 Å². The number of carboxylic acid groups (broad SMARTS) is 1. The van der Waals surface area contributed by atoms with E-state index >= 15 is 0 Å². The molecular formula is C21H20Br2N2O4. The molecule has 0 atom stereocenters. The predicted octanol–water partition coefficient (Wildman–Crippen LogP) is 5.27. The molecule has 152 valence electrons. The van der Waals surface area contributed by atoms with Gasteiger partial charge in [-0.2, -0.15) is 5.26 Å². The molecule has 0 bridgehead atoms. The second kappa shape index (κ2) is 10.4. The highest BCUT2D eigenvalue weighted by Crippen LogP contribution is 2.36. The fourth-order valence-electron chi connectivity index (χ4n) is 2.50. The summed E-state index contributed by atoms with van der Waals surface area (Å²) in [5.74, 6) is -0.587. The quantitative estimate of drug-likeness (QED) is 0.490. The van der Waals surface area contributed by atoms with Crippen LogP contribution in [-0.2, 0) is 22.6 Å². The Bertz CT molecular complexity index is 945. The number of amides is 1. The van der Waals surface area contributed by atoms with Gasteiger partial charge in [0.25, 0.3) is 0 Å². The summed E-state index contributed by atoms with van der Waals surface area (Å²) in [5, 5.41) is 20.9. The Kier molecular flexibility index (Phi) is 8.23. The SMILES string of the molecule is CC(C)C(=O)Nc1cc(C#N)cc(COc2c(Br)cc(CCC(=O)O)cc2Br)c1. The van der Waals surface area contributed by atoms with Crippen LogP contribution >= 0.6 is 31.9 Å². The molecule has 2 aromatic rings. The van der Waals surface area contributed by atoms with E-state index in [4.69, 9.17) is 9.84 Å². The fourth-order valence-corrected chi connectivity index (χ4v) is 4.01. The molecule has 6 nitrogen and oxygen atoms in total. The minimum absolute atomic E-state index is 0.0465. The number of rotatable bonds is 8. The lowest BCUT2D eigenvalue weighted by atomic mass is 10.1. The van der Waals surface area contributed by atoms with Crippen molar-refractivity contribution in [3.63, 3.8) is 0 Å². The highest BCUT2D eigenvalue weighted by atomic mass is 79.9. The maximum absolute atomic E-state index is 11.9. The molecule has 2 aromatic carbocycles. The number of nitrogens with zero attached hydrogens (tertiary/aromatic N) is 1. The second-order valence-electron chi connectivity index (χ2n) is 6.75. The number of aryl methyl sites for hydroxylation is 1. The van der Waals surface area contributed by atoms with E-state index in [9.17, 15) is 14.9 Å². The minimum Gasteiger partial charge on any atom is -0.487 e. The van der Waals surface area contributed by atoms with Crippen molar-refractivity contribution >= 4 is 49.4 Å². The molecule has 2 N–H and O–H groups in total. The third-order valence-electron chi connectivity index (χ3n) is 3.98. The lowest BCUT2D eigenvalue weighted by Gasteiger charge is -2.14. The molecule has 0 aliphatic carbocycles. The van der Waals surface area contributed by atoms with Gasteiger partial charge in [-0.05, 0) is 79.7 Å². The first-order valence-corrected chi connectivity index (χ1v) is 10.5. The van der Waals surface area contributed by atoms with E-state index in [0.717, 1.165) is 11.1 Å². The van der Waals surface area contributed by atoms with Gasteiger partial charge < -0.3 is 15.2 Å². The number of anilines is 1. The molecule has 0 unspecified atom stereocenters. The van der Waals surface area contributed by atoms with Gasteiger partial charge in [-0.1, -0.05) is 13.8 Å². The number of halogens is 2. The zero-order valence-corrected chi connectivity index (χ0v) is 19.1. The van der Waals surface area contributed by atoms with Gasteiger partial charge in [-0.25, -0.2) is 0 Å². The first-order valence-electron chi connectivity index (χ1n) is 8.87. The van der Waals surface area contributed by atoms with Crippen molar-refractivity contribution in [3.8, 4) is 11.8 Å². The molecule has 0 spiro atoms. The van der Waals surface area contributed by atoms with Crippen LogP contribution < -0.4 is 10.1 Å². The zero-order valence-electron chi connectivity index (χ0n) is 16.0. The van der Waals surface area contributed by atoms with Gasteiger partial charge in [-0.3, -0.25) is 9.59 Å². The number of carbonyl (C=O) groups excluding carboxylic acids is 1. The van der Waals surface area contributed by atoms with Gasteiger partial charge in [0.1, 0.15) is 12.4 Å². The molecule has 0 aromatic heterocycles. The number of aliphatic carboxylic acids is 1. The lowest BCUT2D eigenvalue weighted by Crippen LogP contribution is -2.18. The van der Waals surface area contributed by atoms with E-state index in [1.165, 1.54) is 0 Å². The maximum Gasteiger partial charge on any atom is 0.303 e. The largest absolute Gasteiger partial charge is 0.487 e. The number of nitrogens with one attached hydrogen (secondary N) is 1. The van der Waals surface area contributed by atoms with Crippen LogP contribution in [0.25, 0.3) is 0 Å². The molecule has 0 aliphatic heterocycles. The molecule has 0 aliphatic rings. The third-order valence-corrected chi connectivity index (χ3v) is 5.16. The fraction of sp³-hybridized carbons (Fsp3) is 0.286. The molecule has 1 amide bonds. The number of hydrogen-bond donors (Lipinski definition) is 2. The van der Waals surface area contributed by atoms with Gasteiger partial charge in [-0.15, -0.1) is 0 Å². The predicted molar refractivity (Wildman–Crippen MR) is 117 cm³/mol. The van der Waals surface area contributed by atoms with Crippen LogP contribution in [0.15, 0.2) is 39.3 Å². The number of nitriles is 1. The molecule has 0 fully saturated rings. The van der Waals surface area contributed by atoms with Gasteiger partial charge in [0.15, 0.2) is 0 Å². The summed E-state index contributed by atoms with van der Waals surface area (Å²) in [6.07, 6.45) is 0.459. The molecule has 29 heavy (non-hydrogen) atoms. The zero-order chi connectivity index (χ0) is 21.6. The monoisotopic (exact) mass is 522 g/mol. The number of benzene rings is 2. The third kappa shape index (κ3) is 6.87. The van der Waals surface area contributed by atoms with Crippen LogP contribution in [0.1, 0.15) is 37.0 Å². The minimum atomic E-state index is -0.852. The highest BCUT2D eigenvalue weighted by Gasteiger charge is 2.12. The molecule has 0 radical (unpaired) electrons. The van der Waals surface area contributed by atoms with E-state index in [2.05, 4.69) is 43.2 Å². The first-order chi connectivity index (χ1) is 13.7. The number of carbonyl (C=O) groups is 2. The van der Waals surface area contributed by atoms with E-state index in [-0.39, 0.29) is 24.9 Å². The van der Waals surface area contributed by atoms with E-state index in [0.29, 0.717) is 32.4 Å². The van der Waals surface area contributed by atoms with Crippen molar-refractivity contribution in [2.24, 2.45) is 5.92 Å². The molecule has 8 heteroatoms. The van der Waals surface area contributed by atoms with E-state index in [1.807, 2.05) is 12.1 Å². The summed E-state index contributed by atoms with van der Waals surface area (Å²) in [4.78, 5) is 22.7. The normalized spacial score (nSPS) is 10.5. The Balaban J connectivity index is 2.17. The topological polar surface area (TPSA) is 99.4 Å². The highest BCUT2D eigenvalue weighted by molar-refractivity contribution is 9.11. The van der Waals surface area contributed by atoms with Crippen molar-refractivity contribution in [1.29, 1.82) is 5.26 Å². The Hall–Kier alpha value is -2.37. The number of carboxylic acids is 1. The van der Waals surface area contributed by atoms with Gasteiger partial charge in [0.2, 0.25) is 5.91 Å². The number of hydrogen-bond acceptors (Lipinski definition) is 4. The Morgan fingerprint density at radius 3 is 2.34 bits per heavy atom. The van der Waals surface area contributed by atoms with Crippen LogP contribution in [-0.4, -0.2) is 17.0 Å². The molecule has 0 heterocycles. The summed E-state index contributed by atoms with van der Waals surface area (Å²) in [7, 11) is 0. The summed E-state index contributed by atoms with van der Waals surface area (Å²) in [6, 6.07) is 10.8. The average Bonchev–Trinajstić information content (AvgIpc) is 2.65. The summed E-state index contributed by atoms with van der Waals surface area (Å²) in [6.45, 7) is 3.77. The van der Waals surface area contributed by atoms with E-state index < -0.39 is 5.97 Å². The Labute approximate surface area is 186 Å². The Morgan fingerprint density at radius 2 is 1.79 bits per heavy atom. The van der Waals surface area contributed by atoms with Gasteiger partial charge in [0.05, 0.1) is 20.6 Å². The van der Waals surface area contributed by atoms with Crippen LogP contribution in [0.3, 0.4) is 0 Å². The summed E-state index contributed by atoms with van der Waals surface area (Å²) < 4.78 is 7.29. The van der Waals surface area contributed by atoms with Crippen LogP contribution in [0, 0.1) is 17.2 Å².